The number of pyridine rings is 1. The second kappa shape index (κ2) is 6.67. The fourth-order valence-electron chi connectivity index (χ4n) is 1.41. The molecule has 0 unspecified atom stereocenters. The summed E-state index contributed by atoms with van der Waals surface area (Å²) in [7, 11) is 0. The molecule has 0 aliphatic heterocycles. The number of rotatable bonds is 2. The van der Waals surface area contributed by atoms with Crippen molar-refractivity contribution in [1.29, 1.82) is 0 Å². The van der Waals surface area contributed by atoms with Gasteiger partial charge in [-0.1, -0.05) is 54.5 Å². The van der Waals surface area contributed by atoms with Gasteiger partial charge in [-0.05, 0) is 29.4 Å². The van der Waals surface area contributed by atoms with Gasteiger partial charge in [-0.15, -0.1) is 0 Å². The zero-order valence-electron chi connectivity index (χ0n) is 12.0. The van der Waals surface area contributed by atoms with E-state index in [1.807, 2.05) is 20.0 Å². The lowest BCUT2D eigenvalue weighted by Crippen LogP contribution is -2.11. The third-order valence-electron chi connectivity index (χ3n) is 2.31. The van der Waals surface area contributed by atoms with E-state index in [1.165, 1.54) is 11.3 Å². The van der Waals surface area contributed by atoms with Crippen LogP contribution in [0.25, 0.3) is 0 Å². The predicted molar refractivity (Wildman–Crippen MR) is 72.8 cm³/mol. The Hall–Kier alpha value is -0.850. The van der Waals surface area contributed by atoms with Crippen molar-refractivity contribution in [3.63, 3.8) is 0 Å². The Morgan fingerprint density at radius 2 is 1.69 bits per heavy atom. The van der Waals surface area contributed by atoms with Gasteiger partial charge >= 0.3 is 0 Å². The summed E-state index contributed by atoms with van der Waals surface area (Å²) in [6.45, 7) is 15.1. The number of nitrogens with zero attached hydrogens (tertiary/aromatic N) is 1. The third kappa shape index (κ3) is 5.29. The van der Waals surface area contributed by atoms with E-state index in [4.69, 9.17) is 0 Å². The van der Waals surface area contributed by atoms with Gasteiger partial charge < -0.3 is 0 Å². The van der Waals surface area contributed by atoms with Crippen LogP contribution in [0.2, 0.25) is 0 Å². The van der Waals surface area contributed by atoms with Gasteiger partial charge in [-0.2, -0.15) is 0 Å². The van der Waals surface area contributed by atoms with E-state index in [1.54, 1.807) is 0 Å². The van der Waals surface area contributed by atoms with Crippen LogP contribution in [0.15, 0.2) is 18.3 Å². The summed E-state index contributed by atoms with van der Waals surface area (Å²) in [4.78, 5) is 4.49. The van der Waals surface area contributed by atoms with Gasteiger partial charge in [-0.3, -0.25) is 4.98 Å². The van der Waals surface area contributed by atoms with Gasteiger partial charge in [-0.25, -0.2) is 0 Å². The molecule has 0 N–H and O–H groups in total. The molecule has 0 aliphatic carbocycles. The Bertz CT molecular complexity index is 277. The van der Waals surface area contributed by atoms with Gasteiger partial charge in [0.15, 0.2) is 0 Å². The highest BCUT2D eigenvalue weighted by atomic mass is 14.7. The Labute approximate surface area is 101 Å². The first-order valence-corrected chi connectivity index (χ1v) is 6.35. The van der Waals surface area contributed by atoms with Crippen LogP contribution in [0, 0.1) is 5.92 Å². The fourth-order valence-corrected chi connectivity index (χ4v) is 1.41. The average Bonchev–Trinajstić information content (AvgIpc) is 2.19. The molecule has 1 aromatic heterocycles. The highest BCUT2D eigenvalue weighted by Gasteiger charge is 2.13. The van der Waals surface area contributed by atoms with Crippen molar-refractivity contribution in [3.05, 3.63) is 29.6 Å². The van der Waals surface area contributed by atoms with Gasteiger partial charge in [0.1, 0.15) is 0 Å². The maximum Gasteiger partial charge on any atom is 0.0406 e. The van der Waals surface area contributed by atoms with E-state index in [9.17, 15) is 0 Å². The van der Waals surface area contributed by atoms with Gasteiger partial charge in [0, 0.05) is 11.9 Å². The topological polar surface area (TPSA) is 12.9 Å². The molecule has 0 fully saturated rings. The zero-order chi connectivity index (χ0) is 12.8. The number of aromatic nitrogens is 1. The second-order valence-corrected chi connectivity index (χ2v) is 5.39. The molecule has 16 heavy (non-hydrogen) atoms. The minimum absolute atomic E-state index is 0.212. The van der Waals surface area contributed by atoms with E-state index in [-0.39, 0.29) is 5.41 Å². The van der Waals surface area contributed by atoms with Crippen molar-refractivity contribution >= 4 is 0 Å². The largest absolute Gasteiger partial charge is 0.261 e. The molecule has 0 bridgehead atoms. The molecule has 0 spiro atoms. The Balaban J connectivity index is 0.00000106. The average molecular weight is 221 g/mol. The lowest BCUT2D eigenvalue weighted by molar-refractivity contribution is 0.583. The minimum atomic E-state index is 0.212. The van der Waals surface area contributed by atoms with Crippen LogP contribution in [0.3, 0.4) is 0 Å². The molecule has 0 atom stereocenters. The van der Waals surface area contributed by atoms with E-state index in [0.717, 1.165) is 6.42 Å². The van der Waals surface area contributed by atoms with Crippen molar-refractivity contribution in [2.75, 3.05) is 0 Å². The summed E-state index contributed by atoms with van der Waals surface area (Å²) in [5.74, 6) is 0.683. The first-order valence-electron chi connectivity index (χ1n) is 6.35. The van der Waals surface area contributed by atoms with E-state index in [0.29, 0.717) is 5.92 Å². The molecule has 0 aliphatic rings. The molecule has 1 heterocycles. The summed E-state index contributed by atoms with van der Waals surface area (Å²) in [5, 5.41) is 0. The van der Waals surface area contributed by atoms with Crippen molar-refractivity contribution in [1.82, 2.24) is 4.98 Å². The summed E-state index contributed by atoms with van der Waals surface area (Å²) in [6.07, 6.45) is 3.09. The Morgan fingerprint density at radius 3 is 2.00 bits per heavy atom. The van der Waals surface area contributed by atoms with Crippen molar-refractivity contribution in [2.24, 2.45) is 5.92 Å². The maximum atomic E-state index is 4.49. The van der Waals surface area contributed by atoms with Crippen LogP contribution in [-0.2, 0) is 11.8 Å². The molecule has 0 aromatic carbocycles. The molecule has 0 radical (unpaired) electrons. The SMILES string of the molecule is CC.CC(C)Cc1ccc(C(C)(C)C)cn1. The molecule has 92 valence electrons. The molecule has 1 nitrogen and oxygen atoms in total. The van der Waals surface area contributed by atoms with Crippen molar-refractivity contribution in [3.8, 4) is 0 Å². The number of hydrogen-bond acceptors (Lipinski definition) is 1. The molecule has 0 saturated carbocycles. The van der Waals surface area contributed by atoms with Crippen LogP contribution in [-0.4, -0.2) is 4.98 Å². The second-order valence-electron chi connectivity index (χ2n) is 5.39. The van der Waals surface area contributed by atoms with Gasteiger partial charge in [0.05, 0.1) is 0 Å². The van der Waals surface area contributed by atoms with Crippen molar-refractivity contribution < 1.29 is 0 Å². The summed E-state index contributed by atoms with van der Waals surface area (Å²) in [6, 6.07) is 4.35. The highest BCUT2D eigenvalue weighted by Crippen LogP contribution is 2.21. The van der Waals surface area contributed by atoms with Crippen molar-refractivity contribution in [2.45, 2.75) is 60.3 Å². The molecular formula is C15H27N. The maximum absolute atomic E-state index is 4.49. The first-order chi connectivity index (χ1) is 7.39. The minimum Gasteiger partial charge on any atom is -0.261 e. The fraction of sp³-hybridized carbons (Fsp3) is 0.667. The molecular weight excluding hydrogens is 194 g/mol. The molecule has 1 aromatic rings. The Morgan fingerprint density at radius 1 is 1.12 bits per heavy atom. The van der Waals surface area contributed by atoms with Crippen LogP contribution >= 0.6 is 0 Å². The quantitative estimate of drug-likeness (QED) is 0.711. The zero-order valence-corrected chi connectivity index (χ0v) is 12.0. The molecule has 1 heteroatoms. The highest BCUT2D eigenvalue weighted by molar-refractivity contribution is 5.21. The predicted octanol–water partition coefficient (Wildman–Crippen LogP) is 4.60. The Kier molecular flexibility index (Phi) is 6.32. The lowest BCUT2D eigenvalue weighted by Gasteiger charge is -2.18. The van der Waals surface area contributed by atoms with Gasteiger partial charge in [0.25, 0.3) is 0 Å². The lowest BCUT2D eigenvalue weighted by atomic mass is 9.88. The van der Waals surface area contributed by atoms with Crippen LogP contribution in [0.4, 0.5) is 0 Å². The van der Waals surface area contributed by atoms with E-state index < -0.39 is 0 Å². The molecule has 0 saturated heterocycles. The van der Waals surface area contributed by atoms with Crippen LogP contribution in [0.5, 0.6) is 0 Å². The van der Waals surface area contributed by atoms with E-state index >= 15 is 0 Å². The van der Waals surface area contributed by atoms with Gasteiger partial charge in [0.2, 0.25) is 0 Å². The molecule has 1 rings (SSSR count). The van der Waals surface area contributed by atoms with Crippen LogP contribution < -0.4 is 0 Å². The first kappa shape index (κ1) is 15.2. The summed E-state index contributed by atoms with van der Waals surface area (Å²) < 4.78 is 0. The summed E-state index contributed by atoms with van der Waals surface area (Å²) >= 11 is 0. The molecule has 0 amide bonds. The summed E-state index contributed by atoms with van der Waals surface area (Å²) in [5.41, 5.74) is 2.72. The van der Waals surface area contributed by atoms with Crippen LogP contribution in [0.1, 0.15) is 59.7 Å². The third-order valence-corrected chi connectivity index (χ3v) is 2.31. The standard InChI is InChI=1S/C13H21N.C2H6/c1-10(2)8-12-7-6-11(9-14-12)13(3,4)5;1-2/h6-7,9-10H,8H2,1-5H3;1-2H3. The monoisotopic (exact) mass is 221 g/mol. The normalized spacial score (nSPS) is 11.0. The van der Waals surface area contributed by atoms with E-state index in [2.05, 4.69) is 51.7 Å². The smallest absolute Gasteiger partial charge is 0.0406 e. The number of hydrogen-bond donors (Lipinski definition) is 0.